The van der Waals surface area contributed by atoms with Crippen molar-refractivity contribution in [3.05, 3.63) is 34.4 Å². The molecule has 0 bridgehead atoms. The number of carbonyl (C=O) groups is 3. The molecule has 0 aliphatic carbocycles. The highest BCUT2D eigenvalue weighted by Gasteiger charge is 2.30. The molecule has 0 aliphatic rings. The minimum absolute atomic E-state index is 0.0536. The lowest BCUT2D eigenvalue weighted by molar-refractivity contribution is -0.384. The fourth-order valence-corrected chi connectivity index (χ4v) is 3.54. The lowest BCUT2D eigenvalue weighted by Crippen LogP contribution is -2.45. The van der Waals surface area contributed by atoms with Crippen LogP contribution in [0.3, 0.4) is 0 Å². The first-order valence-corrected chi connectivity index (χ1v) is 11.1. The maximum atomic E-state index is 12.1. The molecule has 3 N–H and O–H groups in total. The third kappa shape index (κ3) is 9.82. The van der Waals surface area contributed by atoms with Gasteiger partial charge in [0.1, 0.15) is 11.6 Å². The van der Waals surface area contributed by atoms with Crippen molar-refractivity contribution in [1.29, 1.82) is 0 Å². The largest absolute Gasteiger partial charge is 0.481 e. The smallest absolute Gasteiger partial charge is 0.408 e. The van der Waals surface area contributed by atoms with Gasteiger partial charge in [-0.1, -0.05) is 0 Å². The predicted molar refractivity (Wildman–Crippen MR) is 112 cm³/mol. The Balaban J connectivity index is 2.67. The van der Waals surface area contributed by atoms with Crippen LogP contribution in [0.2, 0.25) is 0 Å². The van der Waals surface area contributed by atoms with Gasteiger partial charge in [0.2, 0.25) is 0 Å². The van der Waals surface area contributed by atoms with Crippen LogP contribution in [0.1, 0.15) is 40.0 Å². The van der Waals surface area contributed by atoms with E-state index in [4.69, 9.17) is 8.92 Å². The fourth-order valence-electron chi connectivity index (χ4n) is 2.60. The number of alkyl carbamates (subject to hydrolysis) is 1. The molecule has 14 heteroatoms. The number of nitrogens with one attached hydrogen (secondary N) is 1. The Hall–Kier alpha value is -3.26. The minimum Gasteiger partial charge on any atom is -0.481 e. The molecule has 2 atom stereocenters. The third-order valence-corrected chi connectivity index (χ3v) is 5.46. The molecule has 0 fully saturated rings. The first kappa shape index (κ1) is 27.8. The number of nitrogens with zero attached hydrogens (tertiary/aromatic N) is 1. The zero-order chi connectivity index (χ0) is 25.4. The number of ether oxygens (including phenoxy) is 1. The van der Waals surface area contributed by atoms with Gasteiger partial charge in [-0.15, -0.1) is 0 Å². The van der Waals surface area contributed by atoms with Crippen molar-refractivity contribution in [2.45, 2.75) is 56.6 Å². The summed E-state index contributed by atoms with van der Waals surface area (Å²) in [5.41, 5.74) is -1.18. The molecular weight excluding hydrogens is 464 g/mol. The van der Waals surface area contributed by atoms with Crippen LogP contribution in [-0.2, 0) is 28.6 Å². The van der Waals surface area contributed by atoms with E-state index in [2.05, 4.69) is 5.32 Å². The first-order chi connectivity index (χ1) is 15.1. The van der Waals surface area contributed by atoms with Crippen molar-refractivity contribution < 1.29 is 46.9 Å². The van der Waals surface area contributed by atoms with Gasteiger partial charge in [0, 0.05) is 12.1 Å². The molecule has 0 heterocycles. The number of aliphatic carboxylic acids is 2. The Morgan fingerprint density at radius 1 is 1.12 bits per heavy atom. The molecule has 1 aromatic rings. The van der Waals surface area contributed by atoms with Crippen LogP contribution in [-0.4, -0.2) is 59.8 Å². The molecule has 0 radical (unpaired) electrons. The number of carboxylic acids is 2. The second kappa shape index (κ2) is 11.6. The van der Waals surface area contributed by atoms with Crippen molar-refractivity contribution in [2.75, 3.05) is 6.61 Å². The summed E-state index contributed by atoms with van der Waals surface area (Å²) in [6.07, 6.45) is -1.66. The third-order valence-electron chi connectivity index (χ3n) is 4.13. The predicted octanol–water partition coefficient (Wildman–Crippen LogP) is 2.15. The van der Waals surface area contributed by atoms with Crippen molar-refractivity contribution in [3.8, 4) is 0 Å². The normalized spacial score (nSPS) is 13.5. The number of nitro benzene ring substituents is 1. The van der Waals surface area contributed by atoms with E-state index >= 15 is 0 Å². The quantitative estimate of drug-likeness (QED) is 0.168. The van der Waals surface area contributed by atoms with Crippen molar-refractivity contribution in [3.63, 3.8) is 0 Å². The van der Waals surface area contributed by atoms with E-state index in [1.807, 2.05) is 0 Å². The monoisotopic (exact) mass is 490 g/mol. The van der Waals surface area contributed by atoms with Crippen molar-refractivity contribution in [1.82, 2.24) is 5.32 Å². The molecule has 1 rings (SSSR count). The maximum absolute atomic E-state index is 12.1. The highest BCUT2D eigenvalue weighted by atomic mass is 32.2. The van der Waals surface area contributed by atoms with E-state index in [1.54, 1.807) is 20.8 Å². The van der Waals surface area contributed by atoms with Gasteiger partial charge in [-0.2, -0.15) is 8.42 Å². The summed E-state index contributed by atoms with van der Waals surface area (Å²) >= 11 is 0. The molecular formula is C19H26N2O11S. The molecule has 0 unspecified atom stereocenters. The number of hydrogen-bond acceptors (Lipinski definition) is 9. The fraction of sp³-hybridized carbons (Fsp3) is 0.526. The summed E-state index contributed by atoms with van der Waals surface area (Å²) in [7, 11) is -4.23. The summed E-state index contributed by atoms with van der Waals surface area (Å²) in [6.45, 7) is 4.33. The van der Waals surface area contributed by atoms with Crippen LogP contribution in [0.4, 0.5) is 10.5 Å². The van der Waals surface area contributed by atoms with Gasteiger partial charge in [0.25, 0.3) is 15.8 Å². The first-order valence-electron chi connectivity index (χ1n) is 9.71. The average Bonchev–Trinajstić information content (AvgIpc) is 2.67. The molecule has 1 aromatic carbocycles. The molecule has 184 valence electrons. The van der Waals surface area contributed by atoms with Crippen LogP contribution < -0.4 is 5.32 Å². The lowest BCUT2D eigenvalue weighted by Gasteiger charge is -2.23. The zero-order valence-electron chi connectivity index (χ0n) is 18.2. The number of benzene rings is 1. The molecule has 0 saturated heterocycles. The number of carboxylic acid groups (broad SMARTS) is 2. The van der Waals surface area contributed by atoms with Crippen LogP contribution in [0.25, 0.3) is 0 Å². The van der Waals surface area contributed by atoms with Gasteiger partial charge in [0.15, 0.2) is 0 Å². The molecule has 0 aliphatic heterocycles. The van der Waals surface area contributed by atoms with Crippen molar-refractivity contribution >= 4 is 33.8 Å². The van der Waals surface area contributed by atoms with Crippen LogP contribution in [0, 0.1) is 16.0 Å². The molecule has 0 spiro atoms. The summed E-state index contributed by atoms with van der Waals surface area (Å²) in [4.78, 5) is 44.4. The Labute approximate surface area is 190 Å². The van der Waals surface area contributed by atoms with E-state index in [-0.39, 0.29) is 23.4 Å². The number of hydrogen-bond donors (Lipinski definition) is 3. The van der Waals surface area contributed by atoms with E-state index in [0.717, 1.165) is 24.3 Å². The summed E-state index contributed by atoms with van der Waals surface area (Å²) < 4.78 is 34.1. The average molecular weight is 490 g/mol. The van der Waals surface area contributed by atoms with Gasteiger partial charge in [-0.3, -0.25) is 19.1 Å². The highest BCUT2D eigenvalue weighted by molar-refractivity contribution is 7.86. The Bertz CT molecular complexity index is 968. The molecule has 1 amide bonds. The van der Waals surface area contributed by atoms with Crippen LogP contribution >= 0.6 is 0 Å². The van der Waals surface area contributed by atoms with Gasteiger partial charge in [0.05, 0.1) is 22.3 Å². The second-order valence-electron chi connectivity index (χ2n) is 7.98. The van der Waals surface area contributed by atoms with Crippen LogP contribution in [0.15, 0.2) is 29.2 Å². The second-order valence-corrected chi connectivity index (χ2v) is 9.59. The summed E-state index contributed by atoms with van der Waals surface area (Å²) in [5, 5.41) is 31.4. The van der Waals surface area contributed by atoms with Gasteiger partial charge >= 0.3 is 18.0 Å². The van der Waals surface area contributed by atoms with Gasteiger partial charge in [-0.25, -0.2) is 9.59 Å². The SMILES string of the molecule is CC(C)(C)OC(=O)N[C@H](C[C@@H](CCCOS(=O)(=O)c1ccc([N+](=O)[O-])cc1)C(=O)O)C(=O)O. The number of non-ortho nitro benzene ring substituents is 1. The van der Waals surface area contributed by atoms with E-state index in [1.165, 1.54) is 0 Å². The standard InChI is InChI=1S/C19H26N2O11S/c1-19(2,3)32-18(26)20-15(17(24)25)11-12(16(22)23)5-4-10-31-33(29,30)14-8-6-13(7-9-14)21(27)28/h6-9,12,15H,4-5,10-11H2,1-3H3,(H,20,26)(H,22,23)(H,24,25)/t12-,15-/m1/s1. The topological polar surface area (TPSA) is 199 Å². The number of carbonyl (C=O) groups excluding carboxylic acids is 1. The molecule has 0 saturated carbocycles. The molecule has 0 aromatic heterocycles. The molecule has 13 nitrogen and oxygen atoms in total. The zero-order valence-corrected chi connectivity index (χ0v) is 19.0. The number of nitro groups is 1. The Kier molecular flexibility index (Phi) is 9.73. The number of amides is 1. The summed E-state index contributed by atoms with van der Waals surface area (Å²) in [5.74, 6) is -4.00. The summed E-state index contributed by atoms with van der Waals surface area (Å²) in [6, 6.07) is 2.48. The van der Waals surface area contributed by atoms with E-state index in [0.29, 0.717) is 0 Å². The highest BCUT2D eigenvalue weighted by Crippen LogP contribution is 2.20. The lowest BCUT2D eigenvalue weighted by atomic mass is 9.95. The number of rotatable bonds is 12. The van der Waals surface area contributed by atoms with E-state index in [9.17, 15) is 43.1 Å². The Morgan fingerprint density at radius 3 is 2.15 bits per heavy atom. The van der Waals surface area contributed by atoms with Gasteiger partial charge in [-0.05, 0) is 52.2 Å². The minimum atomic E-state index is -4.23. The Morgan fingerprint density at radius 2 is 1.70 bits per heavy atom. The molecule has 33 heavy (non-hydrogen) atoms. The van der Waals surface area contributed by atoms with Gasteiger partial charge < -0.3 is 20.3 Å². The van der Waals surface area contributed by atoms with Crippen molar-refractivity contribution in [2.24, 2.45) is 5.92 Å². The van der Waals surface area contributed by atoms with Crippen LogP contribution in [0.5, 0.6) is 0 Å². The van der Waals surface area contributed by atoms with E-state index < -0.39 is 63.7 Å². The maximum Gasteiger partial charge on any atom is 0.408 e.